The van der Waals surface area contributed by atoms with Crippen molar-refractivity contribution in [3.05, 3.63) is 33.8 Å². The Kier molecular flexibility index (Phi) is 6.09. The number of aryl methyl sites for hydroxylation is 1. The molecule has 1 aromatic carbocycles. The van der Waals surface area contributed by atoms with Crippen LogP contribution in [0.2, 0.25) is 10.0 Å². The van der Waals surface area contributed by atoms with Crippen LogP contribution in [0.25, 0.3) is 0 Å². The van der Waals surface area contributed by atoms with Crippen LogP contribution in [-0.4, -0.2) is 32.5 Å². The van der Waals surface area contributed by atoms with Gasteiger partial charge in [-0.15, -0.1) is 5.10 Å². The van der Waals surface area contributed by atoms with Crippen molar-refractivity contribution in [2.24, 2.45) is 7.05 Å². The van der Waals surface area contributed by atoms with Crippen molar-refractivity contribution >= 4 is 35.0 Å². The Labute approximate surface area is 132 Å². The minimum Gasteiger partial charge on any atom is -0.342 e. The topological polar surface area (TPSA) is 60.2 Å². The molecule has 5 nitrogen and oxygen atoms in total. The van der Waals surface area contributed by atoms with Gasteiger partial charge in [0, 0.05) is 24.8 Å². The summed E-state index contributed by atoms with van der Waals surface area (Å²) in [5.41, 5.74) is 1.07. The standard InChI is InChI=1S/C12H15Cl2N5S/c1-19-12(16-17-18-19)20-7-3-6-15-8-9-4-2-5-10(13)11(9)14/h2,4-5,15H,3,6-8H2,1H3/p+1. The fraction of sp³-hybridized carbons (Fsp3) is 0.417. The molecule has 0 saturated carbocycles. The van der Waals surface area contributed by atoms with Gasteiger partial charge in [0.1, 0.15) is 6.54 Å². The Balaban J connectivity index is 1.64. The second kappa shape index (κ2) is 7.83. The fourth-order valence-corrected chi connectivity index (χ4v) is 2.91. The normalized spacial score (nSPS) is 10.9. The van der Waals surface area contributed by atoms with E-state index in [2.05, 4.69) is 20.8 Å². The maximum atomic E-state index is 6.14. The number of halogens is 2. The number of hydrogen-bond acceptors (Lipinski definition) is 4. The molecule has 0 spiro atoms. The summed E-state index contributed by atoms with van der Waals surface area (Å²) in [6, 6.07) is 5.73. The second-order valence-electron chi connectivity index (χ2n) is 4.28. The number of nitrogens with two attached hydrogens (primary N) is 1. The van der Waals surface area contributed by atoms with Crippen LogP contribution >= 0.6 is 35.0 Å². The summed E-state index contributed by atoms with van der Waals surface area (Å²) in [5.74, 6) is 0.994. The summed E-state index contributed by atoms with van der Waals surface area (Å²) in [6.45, 7) is 1.87. The predicted octanol–water partition coefficient (Wildman–Crippen LogP) is 1.76. The number of benzene rings is 1. The van der Waals surface area contributed by atoms with Gasteiger partial charge in [-0.25, -0.2) is 4.68 Å². The highest BCUT2D eigenvalue weighted by atomic mass is 35.5. The quantitative estimate of drug-likeness (QED) is 0.620. The van der Waals surface area contributed by atoms with E-state index in [4.69, 9.17) is 23.2 Å². The van der Waals surface area contributed by atoms with E-state index in [0.717, 1.165) is 36.0 Å². The molecule has 0 aliphatic rings. The van der Waals surface area contributed by atoms with E-state index in [1.807, 2.05) is 19.2 Å². The van der Waals surface area contributed by atoms with Crippen molar-refractivity contribution < 1.29 is 5.32 Å². The summed E-state index contributed by atoms with van der Waals surface area (Å²) in [5, 5.41) is 15.7. The highest BCUT2D eigenvalue weighted by molar-refractivity contribution is 7.99. The molecule has 0 amide bonds. The maximum Gasteiger partial charge on any atom is 0.209 e. The van der Waals surface area contributed by atoms with Crippen molar-refractivity contribution in [2.75, 3.05) is 12.3 Å². The summed E-state index contributed by atoms with van der Waals surface area (Å²) in [6.07, 6.45) is 1.08. The molecule has 108 valence electrons. The Morgan fingerprint density at radius 3 is 2.95 bits per heavy atom. The van der Waals surface area contributed by atoms with Crippen molar-refractivity contribution in [3.63, 3.8) is 0 Å². The summed E-state index contributed by atoms with van der Waals surface area (Å²) < 4.78 is 1.68. The third-order valence-electron chi connectivity index (χ3n) is 2.76. The Hall–Kier alpha value is -0.820. The van der Waals surface area contributed by atoms with E-state index >= 15 is 0 Å². The Morgan fingerprint density at radius 1 is 1.35 bits per heavy atom. The minimum absolute atomic E-state index is 0.614. The molecule has 0 unspecified atom stereocenters. The van der Waals surface area contributed by atoms with E-state index in [1.54, 1.807) is 22.5 Å². The molecule has 0 fully saturated rings. The lowest BCUT2D eigenvalue weighted by Crippen LogP contribution is -2.82. The lowest BCUT2D eigenvalue weighted by atomic mass is 10.2. The zero-order valence-electron chi connectivity index (χ0n) is 11.1. The molecule has 0 atom stereocenters. The first-order valence-electron chi connectivity index (χ1n) is 6.28. The van der Waals surface area contributed by atoms with Crippen molar-refractivity contribution in [2.45, 2.75) is 18.1 Å². The van der Waals surface area contributed by atoms with Crippen molar-refractivity contribution in [1.82, 2.24) is 20.2 Å². The van der Waals surface area contributed by atoms with Gasteiger partial charge in [-0.2, -0.15) is 0 Å². The van der Waals surface area contributed by atoms with Crippen molar-refractivity contribution in [1.29, 1.82) is 0 Å². The monoisotopic (exact) mass is 332 g/mol. The average molecular weight is 333 g/mol. The minimum atomic E-state index is 0.614. The van der Waals surface area contributed by atoms with Crippen LogP contribution in [0.3, 0.4) is 0 Å². The van der Waals surface area contributed by atoms with Gasteiger partial charge in [0.25, 0.3) is 0 Å². The number of thioether (sulfide) groups is 1. The van der Waals surface area contributed by atoms with Crippen LogP contribution < -0.4 is 5.32 Å². The van der Waals surface area contributed by atoms with E-state index in [9.17, 15) is 0 Å². The van der Waals surface area contributed by atoms with Gasteiger partial charge in [0.05, 0.1) is 16.6 Å². The second-order valence-corrected chi connectivity index (χ2v) is 6.13. The van der Waals surface area contributed by atoms with E-state index in [0.29, 0.717) is 10.0 Å². The van der Waals surface area contributed by atoms with E-state index in [-0.39, 0.29) is 0 Å². The molecule has 0 aliphatic heterocycles. The first-order chi connectivity index (χ1) is 9.68. The van der Waals surface area contributed by atoms with Gasteiger partial charge in [-0.3, -0.25) is 0 Å². The number of hydrogen-bond donors (Lipinski definition) is 1. The van der Waals surface area contributed by atoms with Crippen LogP contribution in [0.1, 0.15) is 12.0 Å². The van der Waals surface area contributed by atoms with Gasteiger partial charge < -0.3 is 5.32 Å². The molecule has 2 aromatic rings. The average Bonchev–Trinajstić information content (AvgIpc) is 2.84. The van der Waals surface area contributed by atoms with Crippen molar-refractivity contribution in [3.8, 4) is 0 Å². The highest BCUT2D eigenvalue weighted by Gasteiger charge is 2.06. The van der Waals surface area contributed by atoms with E-state index in [1.165, 1.54) is 0 Å². The van der Waals surface area contributed by atoms with Gasteiger partial charge in [-0.1, -0.05) is 47.1 Å². The van der Waals surface area contributed by atoms with Gasteiger partial charge in [0.15, 0.2) is 0 Å². The number of nitrogens with zero attached hydrogens (tertiary/aromatic N) is 4. The third kappa shape index (κ3) is 4.34. The molecule has 20 heavy (non-hydrogen) atoms. The number of tetrazole rings is 1. The summed E-state index contributed by atoms with van der Waals surface area (Å²) >= 11 is 13.8. The van der Waals surface area contributed by atoms with Crippen LogP contribution in [0, 0.1) is 0 Å². The fourth-order valence-electron chi connectivity index (χ4n) is 1.70. The zero-order chi connectivity index (χ0) is 14.4. The van der Waals surface area contributed by atoms with Gasteiger partial charge in [0.2, 0.25) is 5.16 Å². The first kappa shape index (κ1) is 15.6. The van der Waals surface area contributed by atoms with Crippen LogP contribution in [-0.2, 0) is 13.6 Å². The highest BCUT2D eigenvalue weighted by Crippen LogP contribution is 2.24. The van der Waals surface area contributed by atoms with Crippen LogP contribution in [0.15, 0.2) is 23.4 Å². The number of rotatable bonds is 7. The zero-order valence-corrected chi connectivity index (χ0v) is 13.4. The molecule has 0 radical (unpaired) electrons. The van der Waals surface area contributed by atoms with E-state index < -0.39 is 0 Å². The number of aromatic nitrogens is 4. The largest absolute Gasteiger partial charge is 0.342 e. The molecule has 8 heteroatoms. The number of quaternary nitrogens is 1. The van der Waals surface area contributed by atoms with Gasteiger partial charge in [-0.05, 0) is 16.5 Å². The lowest BCUT2D eigenvalue weighted by molar-refractivity contribution is -0.670. The first-order valence-corrected chi connectivity index (χ1v) is 8.02. The molecule has 0 aliphatic carbocycles. The van der Waals surface area contributed by atoms with Crippen LogP contribution in [0.5, 0.6) is 0 Å². The Morgan fingerprint density at radius 2 is 2.20 bits per heavy atom. The van der Waals surface area contributed by atoms with Crippen LogP contribution in [0.4, 0.5) is 0 Å². The van der Waals surface area contributed by atoms with Gasteiger partial charge >= 0.3 is 0 Å². The lowest BCUT2D eigenvalue weighted by Gasteiger charge is -2.05. The molecule has 0 saturated heterocycles. The third-order valence-corrected chi connectivity index (χ3v) is 4.72. The molecular formula is C12H16Cl2N5S+. The maximum absolute atomic E-state index is 6.14. The molecule has 1 heterocycles. The molecule has 2 N–H and O–H groups in total. The molecule has 0 bridgehead atoms. The molecule has 2 rings (SSSR count). The Bertz CT molecular complexity index is 561. The smallest absolute Gasteiger partial charge is 0.209 e. The summed E-state index contributed by atoms with van der Waals surface area (Å²) in [7, 11) is 1.84. The predicted molar refractivity (Wildman–Crippen MR) is 81.1 cm³/mol. The molecule has 1 aromatic heterocycles. The molecular weight excluding hydrogens is 317 g/mol. The SMILES string of the molecule is Cn1nnnc1SCCC[NH2+]Cc1cccc(Cl)c1Cl. The summed E-state index contributed by atoms with van der Waals surface area (Å²) in [4.78, 5) is 0.